The Balaban J connectivity index is 1.71. The number of rotatable bonds is 5. The van der Waals surface area contributed by atoms with Gasteiger partial charge in [0.1, 0.15) is 16.5 Å². The molecule has 6 nitrogen and oxygen atoms in total. The van der Waals surface area contributed by atoms with E-state index in [-0.39, 0.29) is 13.1 Å². The quantitative estimate of drug-likeness (QED) is 0.795. The average Bonchev–Trinajstić information content (AvgIpc) is 2.69. The van der Waals surface area contributed by atoms with Crippen LogP contribution in [0.3, 0.4) is 0 Å². The van der Waals surface area contributed by atoms with Gasteiger partial charge in [-0.3, -0.25) is 0 Å². The molecule has 28 heavy (non-hydrogen) atoms. The Kier molecular flexibility index (Phi) is 6.25. The van der Waals surface area contributed by atoms with Gasteiger partial charge in [-0.25, -0.2) is 22.0 Å². The molecule has 0 aromatic heterocycles. The second-order valence-electron chi connectivity index (χ2n) is 6.54. The van der Waals surface area contributed by atoms with E-state index in [0.717, 1.165) is 22.9 Å². The first-order chi connectivity index (χ1) is 13.4. The van der Waals surface area contributed by atoms with Gasteiger partial charge in [-0.15, -0.1) is 0 Å². The molecule has 0 spiro atoms. The number of urea groups is 1. The predicted octanol–water partition coefficient (Wildman–Crippen LogP) is 3.33. The number of nitrogens with zero attached hydrogens (tertiary/aromatic N) is 1. The third-order valence-electron chi connectivity index (χ3n) is 4.58. The molecule has 1 heterocycles. The number of nitrogens with one attached hydrogen (secondary N) is 2. The van der Waals surface area contributed by atoms with Gasteiger partial charge in [0.25, 0.3) is 0 Å². The lowest BCUT2D eigenvalue weighted by atomic mass is 10.1. The van der Waals surface area contributed by atoms with Crippen molar-refractivity contribution in [3.63, 3.8) is 0 Å². The summed E-state index contributed by atoms with van der Waals surface area (Å²) in [5, 5.41) is 5.31. The third-order valence-corrected chi connectivity index (χ3v) is 6.55. The summed E-state index contributed by atoms with van der Waals surface area (Å²) < 4.78 is 54.5. The van der Waals surface area contributed by atoms with Crippen molar-refractivity contribution in [2.45, 2.75) is 30.2 Å². The van der Waals surface area contributed by atoms with Crippen LogP contribution >= 0.6 is 0 Å². The van der Waals surface area contributed by atoms with Crippen LogP contribution in [-0.2, 0) is 10.0 Å². The maximum absolute atomic E-state index is 14.1. The van der Waals surface area contributed by atoms with Crippen LogP contribution in [0.5, 0.6) is 0 Å². The molecule has 0 aliphatic carbocycles. The molecule has 1 atom stereocenters. The van der Waals surface area contributed by atoms with E-state index in [2.05, 4.69) is 10.6 Å². The lowest BCUT2D eigenvalue weighted by molar-refractivity contribution is 0.231. The van der Waals surface area contributed by atoms with Crippen LogP contribution in [0.15, 0.2) is 53.4 Å². The fourth-order valence-electron chi connectivity index (χ4n) is 3.20. The van der Waals surface area contributed by atoms with Gasteiger partial charge in [-0.05, 0) is 43.2 Å². The standard InChI is InChI=1S/C19H21F2N3O3S/c20-14-9-10-17(21)18(12-14)28(26,27)24-11-5-4-8-16(24)13-22-19(25)23-15-6-2-1-3-7-15/h1-3,6-7,9-10,12,16H,4-5,8,11,13H2,(H2,22,23,25). The van der Waals surface area contributed by atoms with E-state index in [1.54, 1.807) is 24.3 Å². The SMILES string of the molecule is O=C(NCC1CCCCN1S(=O)(=O)c1cc(F)ccc1F)Nc1ccccc1. The maximum Gasteiger partial charge on any atom is 0.319 e. The van der Waals surface area contributed by atoms with E-state index in [1.165, 1.54) is 0 Å². The van der Waals surface area contributed by atoms with Gasteiger partial charge in [0.15, 0.2) is 0 Å². The van der Waals surface area contributed by atoms with Gasteiger partial charge in [0.2, 0.25) is 10.0 Å². The molecule has 1 saturated heterocycles. The van der Waals surface area contributed by atoms with Crippen molar-refractivity contribution in [1.82, 2.24) is 9.62 Å². The fourth-order valence-corrected chi connectivity index (χ4v) is 4.97. The molecule has 2 aromatic carbocycles. The van der Waals surface area contributed by atoms with E-state index in [9.17, 15) is 22.0 Å². The van der Waals surface area contributed by atoms with Crippen LogP contribution in [-0.4, -0.2) is 37.9 Å². The van der Waals surface area contributed by atoms with Crippen molar-refractivity contribution in [1.29, 1.82) is 0 Å². The van der Waals surface area contributed by atoms with Gasteiger partial charge in [-0.2, -0.15) is 4.31 Å². The molecule has 1 aliphatic heterocycles. The van der Waals surface area contributed by atoms with Crippen LogP contribution in [0, 0.1) is 11.6 Å². The largest absolute Gasteiger partial charge is 0.336 e. The summed E-state index contributed by atoms with van der Waals surface area (Å²) in [5.41, 5.74) is 0.606. The molecule has 9 heteroatoms. The number of piperidine rings is 1. The minimum Gasteiger partial charge on any atom is -0.336 e. The summed E-state index contributed by atoms with van der Waals surface area (Å²) in [6.07, 6.45) is 1.91. The van der Waals surface area contributed by atoms with E-state index < -0.39 is 38.6 Å². The van der Waals surface area contributed by atoms with E-state index in [4.69, 9.17) is 0 Å². The number of hydrogen-bond donors (Lipinski definition) is 2. The topological polar surface area (TPSA) is 78.5 Å². The van der Waals surface area contributed by atoms with Gasteiger partial charge >= 0.3 is 6.03 Å². The van der Waals surface area contributed by atoms with E-state index in [0.29, 0.717) is 24.6 Å². The Morgan fingerprint density at radius 1 is 1.11 bits per heavy atom. The lowest BCUT2D eigenvalue weighted by Gasteiger charge is -2.34. The number of para-hydroxylation sites is 1. The first-order valence-electron chi connectivity index (χ1n) is 8.95. The fraction of sp³-hybridized carbons (Fsp3) is 0.316. The zero-order valence-corrected chi connectivity index (χ0v) is 15.9. The third kappa shape index (κ3) is 4.66. The van der Waals surface area contributed by atoms with Gasteiger partial charge in [0.05, 0.1) is 0 Å². The molecular formula is C19H21F2N3O3S. The van der Waals surface area contributed by atoms with Gasteiger partial charge < -0.3 is 10.6 Å². The average molecular weight is 409 g/mol. The highest BCUT2D eigenvalue weighted by molar-refractivity contribution is 7.89. The minimum absolute atomic E-state index is 0.0643. The van der Waals surface area contributed by atoms with Crippen LogP contribution < -0.4 is 10.6 Å². The zero-order chi connectivity index (χ0) is 20.1. The van der Waals surface area contributed by atoms with E-state index in [1.807, 2.05) is 6.07 Å². The first kappa shape index (κ1) is 20.2. The number of halogens is 2. The summed E-state index contributed by atoms with van der Waals surface area (Å²) in [6.45, 7) is 0.250. The molecule has 2 N–H and O–H groups in total. The summed E-state index contributed by atoms with van der Waals surface area (Å²) in [6, 6.07) is 10.2. The van der Waals surface area contributed by atoms with Crippen LogP contribution in [0.2, 0.25) is 0 Å². The maximum atomic E-state index is 14.1. The van der Waals surface area contributed by atoms with Crippen molar-refractivity contribution in [2.75, 3.05) is 18.4 Å². The lowest BCUT2D eigenvalue weighted by Crippen LogP contribution is -2.50. The van der Waals surface area contributed by atoms with Crippen molar-refractivity contribution < 1.29 is 22.0 Å². The molecule has 2 aromatic rings. The summed E-state index contributed by atoms with van der Waals surface area (Å²) >= 11 is 0. The molecule has 1 aliphatic rings. The highest BCUT2D eigenvalue weighted by Crippen LogP contribution is 2.27. The zero-order valence-electron chi connectivity index (χ0n) is 15.1. The van der Waals surface area contributed by atoms with Gasteiger partial charge in [-0.1, -0.05) is 24.6 Å². The molecule has 150 valence electrons. The second-order valence-corrected chi connectivity index (χ2v) is 8.40. The molecule has 1 fully saturated rings. The Bertz CT molecular complexity index is 939. The van der Waals surface area contributed by atoms with Crippen molar-refractivity contribution in [3.05, 3.63) is 60.2 Å². The number of amides is 2. The molecule has 0 saturated carbocycles. The molecule has 1 unspecified atom stereocenters. The minimum atomic E-state index is -4.22. The second kappa shape index (κ2) is 8.66. The van der Waals surface area contributed by atoms with Crippen LogP contribution in [0.1, 0.15) is 19.3 Å². The smallest absolute Gasteiger partial charge is 0.319 e. The van der Waals surface area contributed by atoms with Crippen molar-refractivity contribution >= 4 is 21.7 Å². The number of benzene rings is 2. The number of hydrogen-bond acceptors (Lipinski definition) is 3. The highest BCUT2D eigenvalue weighted by Gasteiger charge is 2.35. The number of carbonyl (C=O) groups is 1. The molecule has 3 rings (SSSR count). The number of carbonyl (C=O) groups excluding carboxylic acids is 1. The monoisotopic (exact) mass is 409 g/mol. The summed E-state index contributed by atoms with van der Waals surface area (Å²) in [5.74, 6) is -1.82. The van der Waals surface area contributed by atoms with Crippen molar-refractivity contribution in [2.24, 2.45) is 0 Å². The molecule has 2 amide bonds. The Hall–Kier alpha value is -2.52. The predicted molar refractivity (Wildman–Crippen MR) is 101 cm³/mol. The Morgan fingerprint density at radius 2 is 1.86 bits per heavy atom. The normalized spacial score (nSPS) is 17.9. The van der Waals surface area contributed by atoms with E-state index >= 15 is 0 Å². The summed E-state index contributed by atoms with van der Waals surface area (Å²) in [4.78, 5) is 11.4. The molecule has 0 bridgehead atoms. The number of anilines is 1. The first-order valence-corrected chi connectivity index (χ1v) is 10.4. The van der Waals surface area contributed by atoms with Crippen LogP contribution in [0.4, 0.5) is 19.3 Å². The number of sulfonamides is 1. The molecule has 0 radical (unpaired) electrons. The van der Waals surface area contributed by atoms with Crippen molar-refractivity contribution in [3.8, 4) is 0 Å². The summed E-state index contributed by atoms with van der Waals surface area (Å²) in [7, 11) is -4.22. The van der Waals surface area contributed by atoms with Gasteiger partial charge in [0, 0.05) is 24.8 Å². The molecular weight excluding hydrogens is 388 g/mol. The van der Waals surface area contributed by atoms with Crippen LogP contribution in [0.25, 0.3) is 0 Å². The highest BCUT2D eigenvalue weighted by atomic mass is 32.2. The Morgan fingerprint density at radius 3 is 2.61 bits per heavy atom. The Labute approximate surface area is 162 Å².